The molecule has 1 aromatic carbocycles. The van der Waals surface area contributed by atoms with E-state index in [1.807, 2.05) is 0 Å². The SMILES string of the molecule is CC(NC(=O)CN1C(=O)C2CCCCC2C1=O)c1ccc(F)cc1. The van der Waals surface area contributed by atoms with Crippen LogP contribution in [0.15, 0.2) is 24.3 Å². The molecule has 1 aliphatic heterocycles. The molecule has 3 rings (SSSR count). The van der Waals surface area contributed by atoms with Crippen LogP contribution in [-0.2, 0) is 14.4 Å². The Labute approximate surface area is 140 Å². The Morgan fingerprint density at radius 1 is 1.17 bits per heavy atom. The Bertz CT molecular complexity index is 635. The molecule has 0 bridgehead atoms. The Morgan fingerprint density at radius 3 is 2.25 bits per heavy atom. The molecule has 3 unspecified atom stereocenters. The lowest BCUT2D eigenvalue weighted by atomic mass is 9.81. The van der Waals surface area contributed by atoms with Gasteiger partial charge in [0.1, 0.15) is 12.4 Å². The number of hydrogen-bond acceptors (Lipinski definition) is 3. The van der Waals surface area contributed by atoms with Gasteiger partial charge < -0.3 is 5.32 Å². The fraction of sp³-hybridized carbons (Fsp3) is 0.500. The van der Waals surface area contributed by atoms with E-state index in [4.69, 9.17) is 0 Å². The molecule has 1 aromatic rings. The van der Waals surface area contributed by atoms with Crippen LogP contribution in [0.3, 0.4) is 0 Å². The van der Waals surface area contributed by atoms with Crippen LogP contribution in [0.25, 0.3) is 0 Å². The number of rotatable bonds is 4. The van der Waals surface area contributed by atoms with E-state index >= 15 is 0 Å². The number of hydrogen-bond donors (Lipinski definition) is 1. The number of carbonyl (C=O) groups excluding carboxylic acids is 3. The highest BCUT2D eigenvalue weighted by Gasteiger charge is 2.48. The first-order valence-electron chi connectivity index (χ1n) is 8.37. The number of likely N-dealkylation sites (tertiary alicyclic amines) is 1. The highest BCUT2D eigenvalue weighted by Crippen LogP contribution is 2.37. The molecule has 0 radical (unpaired) electrons. The summed E-state index contributed by atoms with van der Waals surface area (Å²) in [6.07, 6.45) is 3.39. The number of carbonyl (C=O) groups is 3. The lowest BCUT2D eigenvalue weighted by Crippen LogP contribution is -2.41. The molecule has 5 nitrogen and oxygen atoms in total. The van der Waals surface area contributed by atoms with Gasteiger partial charge in [0, 0.05) is 0 Å². The Balaban J connectivity index is 1.61. The normalized spacial score (nSPS) is 24.7. The third kappa shape index (κ3) is 3.18. The minimum atomic E-state index is -0.382. The fourth-order valence-corrected chi connectivity index (χ4v) is 3.65. The molecule has 0 spiro atoms. The first-order chi connectivity index (χ1) is 11.5. The maximum atomic E-state index is 12.9. The van der Waals surface area contributed by atoms with Gasteiger partial charge >= 0.3 is 0 Å². The molecule has 1 saturated carbocycles. The largest absolute Gasteiger partial charge is 0.348 e. The monoisotopic (exact) mass is 332 g/mol. The van der Waals surface area contributed by atoms with E-state index in [0.29, 0.717) is 0 Å². The van der Waals surface area contributed by atoms with E-state index in [2.05, 4.69) is 5.32 Å². The van der Waals surface area contributed by atoms with Crippen LogP contribution in [0, 0.1) is 17.7 Å². The highest BCUT2D eigenvalue weighted by molar-refractivity contribution is 6.07. The third-order valence-corrected chi connectivity index (χ3v) is 4.98. The molecular weight excluding hydrogens is 311 g/mol. The van der Waals surface area contributed by atoms with Crippen LogP contribution in [-0.4, -0.2) is 29.2 Å². The van der Waals surface area contributed by atoms with E-state index in [0.717, 1.165) is 36.1 Å². The van der Waals surface area contributed by atoms with Gasteiger partial charge in [-0.15, -0.1) is 0 Å². The van der Waals surface area contributed by atoms with Crippen LogP contribution in [0.1, 0.15) is 44.2 Å². The van der Waals surface area contributed by atoms with E-state index in [9.17, 15) is 18.8 Å². The summed E-state index contributed by atoms with van der Waals surface area (Å²) < 4.78 is 12.9. The molecule has 6 heteroatoms. The van der Waals surface area contributed by atoms with Crippen molar-refractivity contribution in [3.8, 4) is 0 Å². The van der Waals surface area contributed by atoms with Gasteiger partial charge in [-0.25, -0.2) is 4.39 Å². The predicted molar refractivity (Wildman–Crippen MR) is 85.1 cm³/mol. The van der Waals surface area contributed by atoms with E-state index in [1.165, 1.54) is 12.1 Å². The Hall–Kier alpha value is -2.24. The number of amides is 3. The first-order valence-corrected chi connectivity index (χ1v) is 8.37. The lowest BCUT2D eigenvalue weighted by Gasteiger charge is -2.19. The molecular formula is C18H21FN2O3. The van der Waals surface area contributed by atoms with Gasteiger partial charge in [0.25, 0.3) is 0 Å². The number of fused-ring (bicyclic) bond motifs is 1. The van der Waals surface area contributed by atoms with Crippen LogP contribution in [0.4, 0.5) is 4.39 Å². The van der Waals surface area contributed by atoms with Crippen LogP contribution < -0.4 is 5.32 Å². The van der Waals surface area contributed by atoms with Gasteiger partial charge in [0.05, 0.1) is 17.9 Å². The smallest absolute Gasteiger partial charge is 0.240 e. The molecule has 3 atom stereocenters. The highest BCUT2D eigenvalue weighted by atomic mass is 19.1. The van der Waals surface area contributed by atoms with Crippen molar-refractivity contribution in [2.24, 2.45) is 11.8 Å². The van der Waals surface area contributed by atoms with Crippen molar-refractivity contribution >= 4 is 17.7 Å². The quantitative estimate of drug-likeness (QED) is 0.860. The van der Waals surface area contributed by atoms with Crippen LogP contribution >= 0.6 is 0 Å². The lowest BCUT2D eigenvalue weighted by molar-refractivity contribution is -0.143. The van der Waals surface area contributed by atoms with Gasteiger partial charge in [-0.3, -0.25) is 19.3 Å². The van der Waals surface area contributed by atoms with E-state index in [1.54, 1.807) is 19.1 Å². The number of nitrogens with one attached hydrogen (secondary N) is 1. The number of imide groups is 1. The van der Waals surface area contributed by atoms with E-state index in [-0.39, 0.29) is 48.0 Å². The zero-order valence-electron chi connectivity index (χ0n) is 13.6. The molecule has 2 fully saturated rings. The summed E-state index contributed by atoms with van der Waals surface area (Å²) in [5, 5.41) is 2.76. The van der Waals surface area contributed by atoms with Gasteiger partial charge in [0.2, 0.25) is 17.7 Å². The minimum absolute atomic E-state index is 0.214. The molecule has 24 heavy (non-hydrogen) atoms. The molecule has 1 saturated heterocycles. The minimum Gasteiger partial charge on any atom is -0.348 e. The molecule has 1 heterocycles. The van der Waals surface area contributed by atoms with Crippen LogP contribution in [0.5, 0.6) is 0 Å². The summed E-state index contributed by atoms with van der Waals surface area (Å²) in [6, 6.07) is 5.53. The second kappa shape index (κ2) is 6.71. The second-order valence-electron chi connectivity index (χ2n) is 6.60. The first kappa shape index (κ1) is 16.6. The van der Waals surface area contributed by atoms with Crippen molar-refractivity contribution in [1.29, 1.82) is 0 Å². The van der Waals surface area contributed by atoms with Gasteiger partial charge in [-0.1, -0.05) is 25.0 Å². The summed E-state index contributed by atoms with van der Waals surface area (Å²) in [6.45, 7) is 1.54. The summed E-state index contributed by atoms with van der Waals surface area (Å²) in [7, 11) is 0. The maximum absolute atomic E-state index is 12.9. The van der Waals surface area contributed by atoms with Crippen molar-refractivity contribution in [2.75, 3.05) is 6.54 Å². The molecule has 3 amide bonds. The molecule has 1 N–H and O–H groups in total. The fourth-order valence-electron chi connectivity index (χ4n) is 3.65. The Kier molecular flexibility index (Phi) is 4.64. The van der Waals surface area contributed by atoms with Crippen molar-refractivity contribution in [3.63, 3.8) is 0 Å². The Morgan fingerprint density at radius 2 is 1.71 bits per heavy atom. The van der Waals surface area contributed by atoms with Crippen molar-refractivity contribution in [3.05, 3.63) is 35.6 Å². The summed E-state index contributed by atoms with van der Waals surface area (Å²) in [5.41, 5.74) is 0.762. The average molecular weight is 332 g/mol. The standard InChI is InChI=1S/C18H21FN2O3/c1-11(12-6-8-13(19)9-7-12)20-16(22)10-21-17(23)14-4-2-3-5-15(14)18(21)24/h6-9,11,14-15H,2-5,10H2,1H3,(H,20,22). The topological polar surface area (TPSA) is 66.5 Å². The van der Waals surface area contributed by atoms with Crippen molar-refractivity contribution in [2.45, 2.75) is 38.6 Å². The van der Waals surface area contributed by atoms with E-state index < -0.39 is 0 Å². The van der Waals surface area contributed by atoms with Gasteiger partial charge in [-0.2, -0.15) is 0 Å². The molecule has 2 aliphatic rings. The summed E-state index contributed by atoms with van der Waals surface area (Å²) in [4.78, 5) is 38.0. The summed E-state index contributed by atoms with van der Waals surface area (Å²) >= 11 is 0. The third-order valence-electron chi connectivity index (χ3n) is 4.98. The number of nitrogens with zero attached hydrogens (tertiary/aromatic N) is 1. The maximum Gasteiger partial charge on any atom is 0.240 e. The van der Waals surface area contributed by atoms with Gasteiger partial charge in [0.15, 0.2) is 0 Å². The summed E-state index contributed by atoms with van der Waals surface area (Å²) in [5.74, 6) is -1.63. The number of halogens is 1. The average Bonchev–Trinajstić information content (AvgIpc) is 2.81. The molecule has 128 valence electrons. The van der Waals surface area contributed by atoms with Crippen LogP contribution in [0.2, 0.25) is 0 Å². The number of benzene rings is 1. The molecule has 0 aromatic heterocycles. The zero-order valence-corrected chi connectivity index (χ0v) is 13.6. The second-order valence-corrected chi connectivity index (χ2v) is 6.60. The molecule has 1 aliphatic carbocycles. The zero-order chi connectivity index (χ0) is 17.3. The van der Waals surface area contributed by atoms with Crippen molar-refractivity contribution < 1.29 is 18.8 Å². The van der Waals surface area contributed by atoms with Crippen molar-refractivity contribution in [1.82, 2.24) is 10.2 Å². The predicted octanol–water partition coefficient (Wildman–Crippen LogP) is 2.18. The van der Waals surface area contributed by atoms with Gasteiger partial charge in [-0.05, 0) is 37.5 Å².